The van der Waals surface area contributed by atoms with Crippen LogP contribution in [0.5, 0.6) is 0 Å². The number of hydrogen-bond donors (Lipinski definition) is 0. The number of fused-ring (bicyclic) bond motifs is 1. The van der Waals surface area contributed by atoms with Gasteiger partial charge in [-0.15, -0.1) is 0 Å². The van der Waals surface area contributed by atoms with Gasteiger partial charge in [-0.3, -0.25) is 9.97 Å². The minimum absolute atomic E-state index is 1.01. The van der Waals surface area contributed by atoms with E-state index in [4.69, 9.17) is 0 Å². The van der Waals surface area contributed by atoms with Crippen LogP contribution >= 0.6 is 0 Å². The van der Waals surface area contributed by atoms with Gasteiger partial charge >= 0.3 is 0 Å². The van der Waals surface area contributed by atoms with Crippen LogP contribution in [0.1, 0.15) is 25.0 Å². The summed E-state index contributed by atoms with van der Waals surface area (Å²) in [6.45, 7) is 4.30. The minimum Gasteiger partial charge on any atom is -0.253 e. The van der Waals surface area contributed by atoms with Crippen LogP contribution in [0.2, 0.25) is 0 Å². The van der Waals surface area contributed by atoms with Crippen molar-refractivity contribution in [3.63, 3.8) is 0 Å². The maximum Gasteiger partial charge on any atom is 0.0921 e. The number of nitrogens with zero attached hydrogens (tertiary/aromatic N) is 2. The Morgan fingerprint density at radius 3 is 1.64 bits per heavy atom. The summed E-state index contributed by atoms with van der Waals surface area (Å²) >= 11 is 0. The lowest BCUT2D eigenvalue weighted by Crippen LogP contribution is -1.93. The van der Waals surface area contributed by atoms with Crippen molar-refractivity contribution >= 4 is 11.0 Å². The van der Waals surface area contributed by atoms with Crippen molar-refractivity contribution in [2.24, 2.45) is 0 Å². The van der Waals surface area contributed by atoms with E-state index in [0.29, 0.717) is 0 Å². The summed E-state index contributed by atoms with van der Waals surface area (Å²) in [5.41, 5.74) is 4.69. The van der Waals surface area contributed by atoms with E-state index in [1.807, 2.05) is 0 Å². The van der Waals surface area contributed by atoms with Gasteiger partial charge in [0.15, 0.2) is 0 Å². The number of aromatic nitrogens is 2. The summed E-state index contributed by atoms with van der Waals surface area (Å²) < 4.78 is 0. The average Bonchev–Trinajstić information content (AvgIpc) is 2.27. The summed E-state index contributed by atoms with van der Waals surface area (Å²) in [5, 5.41) is 0. The quantitative estimate of drug-likeness (QED) is 0.720. The third kappa shape index (κ3) is 1.37. The van der Waals surface area contributed by atoms with Crippen LogP contribution in [0.4, 0.5) is 0 Å². The standard InChI is InChI=1S/C12H14N2/c1-3-9-5-6-10(4-2)12-11(9)13-7-8-14-12/h5-8H,3-4H2,1-2H3. The third-order valence-corrected chi connectivity index (χ3v) is 2.55. The van der Waals surface area contributed by atoms with Gasteiger partial charge in [0.25, 0.3) is 0 Å². The Bertz CT molecular complexity index is 407. The first kappa shape index (κ1) is 9.13. The minimum atomic E-state index is 1.01. The summed E-state index contributed by atoms with van der Waals surface area (Å²) in [7, 11) is 0. The van der Waals surface area contributed by atoms with Gasteiger partial charge in [-0.1, -0.05) is 26.0 Å². The van der Waals surface area contributed by atoms with Gasteiger partial charge < -0.3 is 0 Å². The zero-order chi connectivity index (χ0) is 9.97. The molecule has 1 aromatic carbocycles. The lowest BCUT2D eigenvalue weighted by molar-refractivity contribution is 1.10. The first-order chi connectivity index (χ1) is 6.86. The molecule has 0 bridgehead atoms. The van der Waals surface area contributed by atoms with E-state index in [1.54, 1.807) is 12.4 Å². The molecule has 0 aliphatic rings. The molecule has 2 heteroatoms. The third-order valence-electron chi connectivity index (χ3n) is 2.55. The molecule has 0 aliphatic carbocycles. The molecule has 0 saturated heterocycles. The Morgan fingerprint density at radius 2 is 1.29 bits per heavy atom. The van der Waals surface area contributed by atoms with Gasteiger partial charge in [0, 0.05) is 12.4 Å². The lowest BCUT2D eigenvalue weighted by Gasteiger charge is -2.06. The number of benzene rings is 1. The van der Waals surface area contributed by atoms with E-state index in [0.717, 1.165) is 23.9 Å². The fraction of sp³-hybridized carbons (Fsp3) is 0.333. The second-order valence-corrected chi connectivity index (χ2v) is 3.34. The van der Waals surface area contributed by atoms with Crippen LogP contribution < -0.4 is 0 Å². The van der Waals surface area contributed by atoms with Gasteiger partial charge in [0.05, 0.1) is 11.0 Å². The van der Waals surface area contributed by atoms with Crippen LogP contribution in [0.3, 0.4) is 0 Å². The molecule has 0 amide bonds. The number of hydrogen-bond acceptors (Lipinski definition) is 2. The van der Waals surface area contributed by atoms with Crippen molar-refractivity contribution in [2.45, 2.75) is 26.7 Å². The number of aryl methyl sites for hydroxylation is 2. The van der Waals surface area contributed by atoms with Gasteiger partial charge in [-0.25, -0.2) is 0 Å². The summed E-state index contributed by atoms with van der Waals surface area (Å²) in [6.07, 6.45) is 5.56. The smallest absolute Gasteiger partial charge is 0.0921 e. The first-order valence-electron chi connectivity index (χ1n) is 5.08. The molecule has 0 N–H and O–H groups in total. The van der Waals surface area contributed by atoms with Crippen molar-refractivity contribution in [3.8, 4) is 0 Å². The fourth-order valence-electron chi connectivity index (χ4n) is 1.74. The Labute approximate surface area is 84.0 Å². The lowest BCUT2D eigenvalue weighted by atomic mass is 10.0. The Kier molecular flexibility index (Phi) is 2.44. The second kappa shape index (κ2) is 3.74. The van der Waals surface area contributed by atoms with Crippen molar-refractivity contribution < 1.29 is 0 Å². The fourth-order valence-corrected chi connectivity index (χ4v) is 1.74. The molecular weight excluding hydrogens is 172 g/mol. The van der Waals surface area contributed by atoms with Gasteiger partial charge in [0.2, 0.25) is 0 Å². The summed E-state index contributed by atoms with van der Waals surface area (Å²) in [5.74, 6) is 0. The molecule has 0 fully saturated rings. The highest BCUT2D eigenvalue weighted by atomic mass is 14.8. The highest BCUT2D eigenvalue weighted by Gasteiger charge is 2.04. The molecule has 2 nitrogen and oxygen atoms in total. The Balaban J connectivity index is 2.78. The zero-order valence-corrected chi connectivity index (χ0v) is 8.62. The van der Waals surface area contributed by atoms with E-state index in [2.05, 4.69) is 35.9 Å². The molecule has 2 rings (SSSR count). The van der Waals surface area contributed by atoms with Crippen LogP contribution in [0.15, 0.2) is 24.5 Å². The first-order valence-corrected chi connectivity index (χ1v) is 5.08. The highest BCUT2D eigenvalue weighted by Crippen LogP contribution is 2.19. The van der Waals surface area contributed by atoms with E-state index in [1.165, 1.54) is 11.1 Å². The molecule has 2 aromatic rings. The second-order valence-electron chi connectivity index (χ2n) is 3.34. The Morgan fingerprint density at radius 1 is 0.857 bits per heavy atom. The largest absolute Gasteiger partial charge is 0.253 e. The van der Waals surface area contributed by atoms with Gasteiger partial charge in [0.1, 0.15) is 0 Å². The maximum absolute atomic E-state index is 4.40. The topological polar surface area (TPSA) is 25.8 Å². The predicted octanol–water partition coefficient (Wildman–Crippen LogP) is 2.75. The van der Waals surface area contributed by atoms with Crippen LogP contribution in [-0.2, 0) is 12.8 Å². The van der Waals surface area contributed by atoms with E-state index in [9.17, 15) is 0 Å². The molecule has 1 heterocycles. The summed E-state index contributed by atoms with van der Waals surface area (Å²) in [4.78, 5) is 8.80. The monoisotopic (exact) mass is 186 g/mol. The zero-order valence-electron chi connectivity index (χ0n) is 8.62. The normalized spacial score (nSPS) is 10.7. The van der Waals surface area contributed by atoms with Crippen molar-refractivity contribution in [1.82, 2.24) is 9.97 Å². The Hall–Kier alpha value is -1.44. The molecule has 0 spiro atoms. The average molecular weight is 186 g/mol. The molecule has 1 aromatic heterocycles. The molecule has 0 saturated carbocycles. The van der Waals surface area contributed by atoms with E-state index >= 15 is 0 Å². The molecule has 0 radical (unpaired) electrons. The predicted molar refractivity (Wildman–Crippen MR) is 58.3 cm³/mol. The van der Waals surface area contributed by atoms with E-state index in [-0.39, 0.29) is 0 Å². The number of rotatable bonds is 2. The van der Waals surface area contributed by atoms with Crippen LogP contribution in [0.25, 0.3) is 11.0 Å². The van der Waals surface area contributed by atoms with Gasteiger partial charge in [-0.05, 0) is 24.0 Å². The van der Waals surface area contributed by atoms with Crippen LogP contribution in [0, 0.1) is 0 Å². The molecular formula is C12H14N2. The van der Waals surface area contributed by atoms with Crippen LogP contribution in [-0.4, -0.2) is 9.97 Å². The molecule has 0 atom stereocenters. The molecule has 72 valence electrons. The maximum atomic E-state index is 4.40. The highest BCUT2D eigenvalue weighted by molar-refractivity contribution is 5.81. The summed E-state index contributed by atoms with van der Waals surface area (Å²) in [6, 6.07) is 4.33. The molecule has 14 heavy (non-hydrogen) atoms. The SMILES string of the molecule is CCc1ccc(CC)c2nccnc12. The van der Waals surface area contributed by atoms with Crippen molar-refractivity contribution in [1.29, 1.82) is 0 Å². The molecule has 0 unspecified atom stereocenters. The molecule has 0 aliphatic heterocycles. The van der Waals surface area contributed by atoms with E-state index < -0.39 is 0 Å². The van der Waals surface area contributed by atoms with Crippen molar-refractivity contribution in [2.75, 3.05) is 0 Å². The van der Waals surface area contributed by atoms with Gasteiger partial charge in [-0.2, -0.15) is 0 Å². The van der Waals surface area contributed by atoms with Crippen molar-refractivity contribution in [3.05, 3.63) is 35.7 Å².